The second-order valence-electron chi connectivity index (χ2n) is 5.10. The number of aromatic nitrogens is 2. The zero-order valence-electron chi connectivity index (χ0n) is 10.8. The molecule has 1 heterocycles. The van der Waals surface area contributed by atoms with Crippen LogP contribution in [-0.4, -0.2) is 21.5 Å². The van der Waals surface area contributed by atoms with E-state index in [1.807, 2.05) is 39.0 Å². The Hall–Kier alpha value is -1.88. The maximum Gasteiger partial charge on any atom is 0.374 e. The number of benzene rings is 1. The molecule has 0 saturated carbocycles. The Morgan fingerprint density at radius 2 is 2.17 bits per heavy atom. The molecule has 0 radical (unpaired) electrons. The van der Waals surface area contributed by atoms with E-state index in [0.29, 0.717) is 6.54 Å². The molecule has 3 N–H and O–H groups in total. The number of aromatic amines is 1. The van der Waals surface area contributed by atoms with Gasteiger partial charge in [-0.1, -0.05) is 12.1 Å². The summed E-state index contributed by atoms with van der Waals surface area (Å²) in [5.41, 5.74) is 7.54. The quantitative estimate of drug-likeness (QED) is 0.795. The van der Waals surface area contributed by atoms with Crippen LogP contribution in [0.1, 0.15) is 37.0 Å². The van der Waals surface area contributed by atoms with Gasteiger partial charge in [0, 0.05) is 6.54 Å². The lowest BCUT2D eigenvalue weighted by Crippen LogP contribution is -2.24. The molecule has 0 unspecified atom stereocenters. The highest BCUT2D eigenvalue weighted by molar-refractivity contribution is 5.91. The van der Waals surface area contributed by atoms with Crippen LogP contribution in [0.5, 0.6) is 0 Å². The molecule has 0 amide bonds. The summed E-state index contributed by atoms with van der Waals surface area (Å²) in [4.78, 5) is 19.1. The number of nitrogens with one attached hydrogen (secondary N) is 1. The fourth-order valence-electron chi connectivity index (χ4n) is 1.68. The average molecular weight is 247 g/mol. The van der Waals surface area contributed by atoms with Crippen LogP contribution in [0.2, 0.25) is 0 Å². The maximum atomic E-state index is 11.9. The Labute approximate surface area is 105 Å². The maximum absolute atomic E-state index is 11.9. The summed E-state index contributed by atoms with van der Waals surface area (Å²) in [6.45, 7) is 5.85. The van der Waals surface area contributed by atoms with Crippen LogP contribution in [0.3, 0.4) is 0 Å². The Morgan fingerprint density at radius 1 is 1.44 bits per heavy atom. The number of hydrogen-bond acceptors (Lipinski definition) is 4. The number of esters is 1. The van der Waals surface area contributed by atoms with Gasteiger partial charge in [-0.15, -0.1) is 0 Å². The Bertz CT molecular complexity index is 581. The second-order valence-corrected chi connectivity index (χ2v) is 5.10. The molecule has 0 bridgehead atoms. The van der Waals surface area contributed by atoms with Gasteiger partial charge in [0.15, 0.2) is 0 Å². The third-order valence-corrected chi connectivity index (χ3v) is 2.42. The minimum Gasteiger partial charge on any atom is -0.454 e. The van der Waals surface area contributed by atoms with Crippen LogP contribution < -0.4 is 5.73 Å². The first kappa shape index (κ1) is 12.6. The molecule has 0 saturated heterocycles. The number of imidazole rings is 1. The summed E-state index contributed by atoms with van der Waals surface area (Å²) in [6.07, 6.45) is 0. The van der Waals surface area contributed by atoms with Crippen molar-refractivity contribution in [3.8, 4) is 0 Å². The van der Waals surface area contributed by atoms with Crippen LogP contribution in [0, 0.1) is 0 Å². The van der Waals surface area contributed by atoms with Gasteiger partial charge in [0.2, 0.25) is 5.82 Å². The third kappa shape index (κ3) is 2.51. The largest absolute Gasteiger partial charge is 0.454 e. The minimum atomic E-state index is -0.535. The number of nitrogens with zero attached hydrogens (tertiary/aromatic N) is 1. The van der Waals surface area contributed by atoms with Crippen molar-refractivity contribution in [3.05, 3.63) is 29.6 Å². The summed E-state index contributed by atoms with van der Waals surface area (Å²) in [5, 5.41) is 0. The standard InChI is InChI=1S/C13H17N3O2/c1-13(2,3)18-12(17)11-15-9-6-4-5-8(7-14)10(9)16-11/h4-6H,7,14H2,1-3H3,(H,15,16). The lowest BCUT2D eigenvalue weighted by Gasteiger charge is -2.18. The number of carbonyl (C=O) groups is 1. The number of nitrogens with two attached hydrogens (primary N) is 1. The van der Waals surface area contributed by atoms with Gasteiger partial charge in [-0.25, -0.2) is 9.78 Å². The topological polar surface area (TPSA) is 81.0 Å². The number of H-pyrrole nitrogens is 1. The van der Waals surface area contributed by atoms with E-state index in [1.54, 1.807) is 0 Å². The molecule has 0 spiro atoms. The molecule has 0 aliphatic rings. The predicted octanol–water partition coefficient (Wildman–Crippen LogP) is 1.98. The Balaban J connectivity index is 2.39. The van der Waals surface area contributed by atoms with E-state index in [-0.39, 0.29) is 5.82 Å². The number of hydrogen-bond donors (Lipinski definition) is 2. The van der Waals surface area contributed by atoms with Crippen LogP contribution in [0.4, 0.5) is 0 Å². The van der Waals surface area contributed by atoms with Crippen molar-refractivity contribution >= 4 is 17.0 Å². The van der Waals surface area contributed by atoms with E-state index in [0.717, 1.165) is 16.6 Å². The number of rotatable bonds is 2. The van der Waals surface area contributed by atoms with Crippen LogP contribution in [0.25, 0.3) is 11.0 Å². The van der Waals surface area contributed by atoms with Gasteiger partial charge in [0.1, 0.15) is 5.60 Å². The van der Waals surface area contributed by atoms with Gasteiger partial charge in [-0.3, -0.25) is 0 Å². The molecule has 0 atom stereocenters. The monoisotopic (exact) mass is 247 g/mol. The highest BCUT2D eigenvalue weighted by atomic mass is 16.6. The summed E-state index contributed by atoms with van der Waals surface area (Å²) >= 11 is 0. The molecule has 1 aromatic carbocycles. The van der Waals surface area contributed by atoms with Crippen LogP contribution in [-0.2, 0) is 11.3 Å². The summed E-state index contributed by atoms with van der Waals surface area (Å²) in [6, 6.07) is 5.60. The minimum absolute atomic E-state index is 0.209. The van der Waals surface area contributed by atoms with Crippen molar-refractivity contribution in [1.29, 1.82) is 0 Å². The first-order valence-electron chi connectivity index (χ1n) is 5.82. The Kier molecular flexibility index (Phi) is 3.09. The van der Waals surface area contributed by atoms with E-state index >= 15 is 0 Å². The van der Waals surface area contributed by atoms with Gasteiger partial charge >= 0.3 is 5.97 Å². The van der Waals surface area contributed by atoms with Gasteiger partial charge < -0.3 is 15.5 Å². The lowest BCUT2D eigenvalue weighted by molar-refractivity contribution is 0.00572. The first-order valence-corrected chi connectivity index (χ1v) is 5.82. The van der Waals surface area contributed by atoms with Gasteiger partial charge in [0.25, 0.3) is 0 Å². The summed E-state index contributed by atoms with van der Waals surface area (Å²) in [7, 11) is 0. The fraction of sp³-hybridized carbons (Fsp3) is 0.385. The Morgan fingerprint density at radius 3 is 2.78 bits per heavy atom. The lowest BCUT2D eigenvalue weighted by atomic mass is 10.2. The normalized spacial score (nSPS) is 11.8. The highest BCUT2D eigenvalue weighted by Crippen LogP contribution is 2.18. The predicted molar refractivity (Wildman–Crippen MR) is 69.2 cm³/mol. The molecule has 96 valence electrons. The smallest absolute Gasteiger partial charge is 0.374 e. The van der Waals surface area contributed by atoms with Crippen LogP contribution >= 0.6 is 0 Å². The van der Waals surface area contributed by atoms with Gasteiger partial charge in [0.05, 0.1) is 11.0 Å². The SMILES string of the molecule is CC(C)(C)OC(=O)c1nc2cccc(CN)c2[nH]1. The molecule has 2 rings (SSSR count). The van der Waals surface area contributed by atoms with Crippen LogP contribution in [0.15, 0.2) is 18.2 Å². The van der Waals surface area contributed by atoms with E-state index in [1.165, 1.54) is 0 Å². The van der Waals surface area contributed by atoms with E-state index in [9.17, 15) is 4.79 Å². The number of carbonyl (C=O) groups excluding carboxylic acids is 1. The molecule has 0 aliphatic carbocycles. The number of para-hydroxylation sites is 1. The number of ether oxygens (including phenoxy) is 1. The molecular weight excluding hydrogens is 230 g/mol. The molecule has 18 heavy (non-hydrogen) atoms. The molecule has 1 aromatic heterocycles. The van der Waals surface area contributed by atoms with E-state index < -0.39 is 11.6 Å². The molecular formula is C13H17N3O2. The van der Waals surface area contributed by atoms with Gasteiger partial charge in [-0.2, -0.15) is 0 Å². The van der Waals surface area contributed by atoms with E-state index in [2.05, 4.69) is 9.97 Å². The molecule has 0 aliphatic heterocycles. The molecule has 2 aromatic rings. The van der Waals surface area contributed by atoms with Crippen molar-refractivity contribution in [2.75, 3.05) is 0 Å². The van der Waals surface area contributed by atoms with Crippen molar-refractivity contribution in [2.45, 2.75) is 32.9 Å². The van der Waals surface area contributed by atoms with Crippen molar-refractivity contribution < 1.29 is 9.53 Å². The fourth-order valence-corrected chi connectivity index (χ4v) is 1.68. The average Bonchev–Trinajstić information content (AvgIpc) is 2.70. The summed E-state index contributed by atoms with van der Waals surface area (Å²) < 4.78 is 5.26. The van der Waals surface area contributed by atoms with Crippen molar-refractivity contribution in [3.63, 3.8) is 0 Å². The third-order valence-electron chi connectivity index (χ3n) is 2.42. The first-order chi connectivity index (χ1) is 8.40. The highest BCUT2D eigenvalue weighted by Gasteiger charge is 2.21. The summed E-state index contributed by atoms with van der Waals surface area (Å²) in [5.74, 6) is -0.248. The van der Waals surface area contributed by atoms with Gasteiger partial charge in [-0.05, 0) is 32.4 Å². The molecule has 5 nitrogen and oxygen atoms in total. The molecule has 5 heteroatoms. The van der Waals surface area contributed by atoms with E-state index in [4.69, 9.17) is 10.5 Å². The second kappa shape index (κ2) is 4.42. The number of fused-ring (bicyclic) bond motifs is 1. The molecule has 0 fully saturated rings. The van der Waals surface area contributed by atoms with Crippen molar-refractivity contribution in [1.82, 2.24) is 9.97 Å². The zero-order valence-corrected chi connectivity index (χ0v) is 10.8. The van der Waals surface area contributed by atoms with Crippen molar-refractivity contribution in [2.24, 2.45) is 5.73 Å². The zero-order chi connectivity index (χ0) is 13.3.